The van der Waals surface area contributed by atoms with Crippen molar-refractivity contribution >= 4 is 38.6 Å². The van der Waals surface area contributed by atoms with Gasteiger partial charge in [-0.2, -0.15) is 0 Å². The molecule has 0 bridgehead atoms. The summed E-state index contributed by atoms with van der Waals surface area (Å²) in [6, 6.07) is 19.0. The lowest BCUT2D eigenvalue weighted by Crippen LogP contribution is -2.49. The van der Waals surface area contributed by atoms with Crippen LogP contribution in [0.25, 0.3) is 22.2 Å². The van der Waals surface area contributed by atoms with Crippen LogP contribution >= 0.6 is 15.9 Å². The molecule has 3 heterocycles. The van der Waals surface area contributed by atoms with Gasteiger partial charge in [-0.3, -0.25) is 4.79 Å². The van der Waals surface area contributed by atoms with Gasteiger partial charge >= 0.3 is 5.63 Å². The molecule has 0 saturated carbocycles. The van der Waals surface area contributed by atoms with E-state index in [2.05, 4.69) is 50.1 Å². The second kappa shape index (κ2) is 8.78. The Hall–Kier alpha value is -3.52. The van der Waals surface area contributed by atoms with Crippen LogP contribution in [0.5, 0.6) is 0 Å². The van der Waals surface area contributed by atoms with Crippen LogP contribution in [0.1, 0.15) is 15.9 Å². The molecule has 5 rings (SSSR count). The number of aryl methyl sites for hydroxylation is 1. The van der Waals surface area contributed by atoms with Crippen LogP contribution in [0, 0.1) is 6.92 Å². The second-order valence-corrected chi connectivity index (χ2v) is 8.97. The van der Waals surface area contributed by atoms with E-state index in [1.165, 1.54) is 5.56 Å². The number of carbonyl (C=O) groups excluding carboxylic acids is 1. The first-order valence-corrected chi connectivity index (χ1v) is 11.5. The number of fused-ring (bicyclic) bond motifs is 1. The van der Waals surface area contributed by atoms with Crippen molar-refractivity contribution in [1.82, 2.24) is 15.1 Å². The Morgan fingerprint density at radius 2 is 1.70 bits per heavy atom. The van der Waals surface area contributed by atoms with Crippen molar-refractivity contribution in [2.75, 3.05) is 31.1 Å². The molecule has 0 spiro atoms. The van der Waals surface area contributed by atoms with Crippen LogP contribution in [0.3, 0.4) is 0 Å². The Balaban J connectivity index is 1.27. The maximum absolute atomic E-state index is 13.0. The molecule has 1 saturated heterocycles. The predicted octanol–water partition coefficient (Wildman–Crippen LogP) is 4.28. The minimum atomic E-state index is -0.616. The zero-order valence-corrected chi connectivity index (χ0v) is 19.6. The van der Waals surface area contributed by atoms with Gasteiger partial charge in [0.1, 0.15) is 11.1 Å². The Morgan fingerprint density at radius 3 is 2.39 bits per heavy atom. The predicted molar refractivity (Wildman–Crippen MR) is 131 cm³/mol. The first-order valence-electron chi connectivity index (χ1n) is 10.7. The molecule has 1 amide bonds. The summed E-state index contributed by atoms with van der Waals surface area (Å²) in [4.78, 5) is 29.2. The van der Waals surface area contributed by atoms with Crippen molar-refractivity contribution < 1.29 is 9.21 Å². The number of carbonyl (C=O) groups is 1. The molecular formula is C25H21BrN4O3. The first kappa shape index (κ1) is 21.3. The molecule has 7 nitrogen and oxygen atoms in total. The molecule has 0 aliphatic carbocycles. The lowest BCUT2D eigenvalue weighted by Gasteiger charge is -2.35. The maximum Gasteiger partial charge on any atom is 0.349 e. The van der Waals surface area contributed by atoms with Gasteiger partial charge in [-0.25, -0.2) is 4.79 Å². The van der Waals surface area contributed by atoms with Crippen molar-refractivity contribution in [3.63, 3.8) is 0 Å². The Bertz CT molecular complexity index is 1380. The van der Waals surface area contributed by atoms with E-state index in [0.29, 0.717) is 37.1 Å². The monoisotopic (exact) mass is 504 g/mol. The topological polar surface area (TPSA) is 79.5 Å². The van der Waals surface area contributed by atoms with E-state index in [4.69, 9.17) is 4.42 Å². The Kier molecular flexibility index (Phi) is 5.68. The fraction of sp³-hybridized carbons (Fsp3) is 0.200. The van der Waals surface area contributed by atoms with Crippen molar-refractivity contribution in [1.29, 1.82) is 0 Å². The quantitative estimate of drug-likeness (QED) is 0.387. The fourth-order valence-electron chi connectivity index (χ4n) is 3.92. The molecule has 8 heteroatoms. The van der Waals surface area contributed by atoms with E-state index in [0.717, 1.165) is 21.5 Å². The summed E-state index contributed by atoms with van der Waals surface area (Å²) in [6.07, 6.45) is 0. The number of rotatable bonds is 3. The van der Waals surface area contributed by atoms with Gasteiger partial charge in [-0.1, -0.05) is 45.8 Å². The van der Waals surface area contributed by atoms with Gasteiger partial charge in [-0.15, -0.1) is 10.2 Å². The number of hydrogen-bond donors (Lipinski definition) is 0. The van der Waals surface area contributed by atoms with Crippen LogP contribution in [-0.2, 0) is 0 Å². The highest BCUT2D eigenvalue weighted by atomic mass is 79.9. The largest absolute Gasteiger partial charge is 0.422 e. The summed E-state index contributed by atoms with van der Waals surface area (Å²) in [7, 11) is 0. The molecule has 0 radical (unpaired) electrons. The zero-order chi connectivity index (χ0) is 22.9. The van der Waals surface area contributed by atoms with Gasteiger partial charge in [0.05, 0.1) is 5.69 Å². The highest BCUT2D eigenvalue weighted by Gasteiger charge is 2.25. The smallest absolute Gasteiger partial charge is 0.349 e. The van der Waals surface area contributed by atoms with E-state index >= 15 is 0 Å². The molecule has 4 aromatic rings. The maximum atomic E-state index is 13.0. The summed E-state index contributed by atoms with van der Waals surface area (Å²) in [6.45, 7) is 4.23. The number of aromatic nitrogens is 2. The third-order valence-electron chi connectivity index (χ3n) is 5.81. The van der Waals surface area contributed by atoms with E-state index in [1.54, 1.807) is 23.1 Å². The summed E-state index contributed by atoms with van der Waals surface area (Å²) < 4.78 is 6.20. The standard InChI is InChI=1S/C25H21BrN4O3/c1-16-2-4-17(5-3-16)21-7-9-23(28-27-21)29-10-12-30(13-11-29)24(31)20-15-18-14-19(26)6-8-22(18)33-25(20)32/h2-9,14-15H,10-13H2,1H3. The van der Waals surface area contributed by atoms with Gasteiger partial charge in [-0.05, 0) is 43.3 Å². The minimum Gasteiger partial charge on any atom is -0.422 e. The molecule has 0 atom stereocenters. The molecule has 166 valence electrons. The number of amides is 1. The Morgan fingerprint density at radius 1 is 0.939 bits per heavy atom. The molecule has 1 aliphatic rings. The van der Waals surface area contributed by atoms with Crippen LogP contribution in [0.2, 0.25) is 0 Å². The molecule has 0 N–H and O–H groups in total. The molecule has 33 heavy (non-hydrogen) atoms. The van der Waals surface area contributed by atoms with Gasteiger partial charge in [0.15, 0.2) is 5.82 Å². The molecule has 1 fully saturated rings. The lowest BCUT2D eigenvalue weighted by atomic mass is 10.1. The molecule has 1 aliphatic heterocycles. The molecule has 2 aromatic carbocycles. The average molecular weight is 505 g/mol. The van der Waals surface area contributed by atoms with Crippen LogP contribution in [0.15, 0.2) is 74.3 Å². The third-order valence-corrected chi connectivity index (χ3v) is 6.31. The normalized spacial score (nSPS) is 14.0. The average Bonchev–Trinajstić information content (AvgIpc) is 2.84. The summed E-state index contributed by atoms with van der Waals surface area (Å²) in [5.41, 5.74) is 2.94. The van der Waals surface area contributed by atoms with Crippen molar-refractivity contribution in [2.45, 2.75) is 6.92 Å². The van der Waals surface area contributed by atoms with Crippen molar-refractivity contribution in [2.24, 2.45) is 0 Å². The number of hydrogen-bond acceptors (Lipinski definition) is 6. The highest BCUT2D eigenvalue weighted by molar-refractivity contribution is 9.10. The van der Waals surface area contributed by atoms with Crippen LogP contribution in [-0.4, -0.2) is 47.2 Å². The van der Waals surface area contributed by atoms with E-state index in [1.807, 2.05) is 30.3 Å². The summed E-state index contributed by atoms with van der Waals surface area (Å²) in [5, 5.41) is 9.47. The minimum absolute atomic E-state index is 0.0521. The molecular weight excluding hydrogens is 484 g/mol. The first-order chi connectivity index (χ1) is 16.0. The number of nitrogens with zero attached hydrogens (tertiary/aromatic N) is 4. The van der Waals surface area contributed by atoms with E-state index in [9.17, 15) is 9.59 Å². The number of piperazine rings is 1. The van der Waals surface area contributed by atoms with Crippen LogP contribution < -0.4 is 10.5 Å². The van der Waals surface area contributed by atoms with Gasteiger partial charge in [0.2, 0.25) is 0 Å². The highest BCUT2D eigenvalue weighted by Crippen LogP contribution is 2.22. The van der Waals surface area contributed by atoms with Crippen LogP contribution in [0.4, 0.5) is 5.82 Å². The lowest BCUT2D eigenvalue weighted by molar-refractivity contribution is 0.0742. The Labute approximate surface area is 198 Å². The fourth-order valence-corrected chi connectivity index (χ4v) is 4.30. The molecule has 2 aromatic heterocycles. The third kappa shape index (κ3) is 4.39. The van der Waals surface area contributed by atoms with Crippen molar-refractivity contribution in [3.05, 3.63) is 86.7 Å². The summed E-state index contributed by atoms with van der Waals surface area (Å²) >= 11 is 3.41. The second-order valence-electron chi connectivity index (χ2n) is 8.05. The SMILES string of the molecule is Cc1ccc(-c2ccc(N3CCN(C(=O)c4cc5cc(Br)ccc5oc4=O)CC3)nn2)cc1. The molecule has 0 unspecified atom stereocenters. The number of anilines is 1. The number of benzene rings is 2. The van der Waals surface area contributed by atoms with Crippen molar-refractivity contribution in [3.8, 4) is 11.3 Å². The van der Waals surface area contributed by atoms with E-state index < -0.39 is 5.63 Å². The number of halogens is 1. The van der Waals surface area contributed by atoms with Gasteiger partial charge in [0.25, 0.3) is 5.91 Å². The van der Waals surface area contributed by atoms with E-state index in [-0.39, 0.29) is 11.5 Å². The van der Waals surface area contributed by atoms with Gasteiger partial charge < -0.3 is 14.2 Å². The summed E-state index contributed by atoms with van der Waals surface area (Å²) in [5.74, 6) is 0.458. The van der Waals surface area contributed by atoms with Gasteiger partial charge in [0, 0.05) is 41.6 Å². The zero-order valence-electron chi connectivity index (χ0n) is 18.0.